The zero-order valence-corrected chi connectivity index (χ0v) is 10.3. The van der Waals surface area contributed by atoms with Crippen LogP contribution >= 0.6 is 12.4 Å². The van der Waals surface area contributed by atoms with Crippen molar-refractivity contribution in [3.05, 3.63) is 24.3 Å². The van der Waals surface area contributed by atoms with Crippen molar-refractivity contribution < 1.29 is 9.47 Å². The third kappa shape index (κ3) is 3.29. The molecular formula is C12H18ClNO2. The van der Waals surface area contributed by atoms with E-state index in [9.17, 15) is 0 Å². The Labute approximate surface area is 103 Å². The summed E-state index contributed by atoms with van der Waals surface area (Å²) in [6, 6.07) is 7.80. The molecular weight excluding hydrogens is 226 g/mol. The molecule has 1 unspecified atom stereocenters. The summed E-state index contributed by atoms with van der Waals surface area (Å²) >= 11 is 0. The molecule has 1 aromatic rings. The van der Waals surface area contributed by atoms with Gasteiger partial charge >= 0.3 is 0 Å². The molecule has 0 amide bonds. The highest BCUT2D eigenvalue weighted by atomic mass is 35.5. The summed E-state index contributed by atoms with van der Waals surface area (Å²) in [5.41, 5.74) is 0. The van der Waals surface area contributed by atoms with Crippen LogP contribution < -0.4 is 14.8 Å². The van der Waals surface area contributed by atoms with Crippen molar-refractivity contribution in [1.29, 1.82) is 0 Å². The highest BCUT2D eigenvalue weighted by Gasteiger charge is 2.19. The fourth-order valence-corrected chi connectivity index (χ4v) is 1.60. The van der Waals surface area contributed by atoms with Gasteiger partial charge in [-0.2, -0.15) is 0 Å². The first-order valence-electron chi connectivity index (χ1n) is 5.49. The molecule has 0 radical (unpaired) electrons. The van der Waals surface area contributed by atoms with E-state index < -0.39 is 0 Å². The Hall–Kier alpha value is -0.930. The van der Waals surface area contributed by atoms with Gasteiger partial charge in [-0.15, -0.1) is 12.4 Å². The minimum Gasteiger partial charge on any atom is -0.486 e. The van der Waals surface area contributed by atoms with Crippen LogP contribution in [-0.2, 0) is 0 Å². The van der Waals surface area contributed by atoms with Gasteiger partial charge in [-0.05, 0) is 25.1 Å². The van der Waals surface area contributed by atoms with Crippen LogP contribution in [0.3, 0.4) is 0 Å². The molecule has 2 rings (SSSR count). The number of para-hydroxylation sites is 2. The molecule has 3 nitrogen and oxygen atoms in total. The van der Waals surface area contributed by atoms with E-state index in [0.717, 1.165) is 31.0 Å². The lowest BCUT2D eigenvalue weighted by Crippen LogP contribution is -2.38. The fraction of sp³-hybridized carbons (Fsp3) is 0.500. The van der Waals surface area contributed by atoms with Gasteiger partial charge in [-0.1, -0.05) is 19.1 Å². The molecule has 0 bridgehead atoms. The van der Waals surface area contributed by atoms with Gasteiger partial charge in [0.05, 0.1) is 0 Å². The molecule has 1 N–H and O–H groups in total. The Morgan fingerprint density at radius 3 is 2.81 bits per heavy atom. The van der Waals surface area contributed by atoms with E-state index >= 15 is 0 Å². The van der Waals surface area contributed by atoms with Crippen LogP contribution in [0.4, 0.5) is 0 Å². The van der Waals surface area contributed by atoms with Gasteiger partial charge in [-0.25, -0.2) is 0 Å². The monoisotopic (exact) mass is 243 g/mol. The molecule has 90 valence electrons. The maximum atomic E-state index is 5.79. The normalized spacial score (nSPS) is 17.7. The average Bonchev–Trinajstić information content (AvgIpc) is 2.29. The van der Waals surface area contributed by atoms with Gasteiger partial charge in [0, 0.05) is 6.54 Å². The lowest BCUT2D eigenvalue weighted by atomic mass is 10.2. The van der Waals surface area contributed by atoms with Gasteiger partial charge in [0.1, 0.15) is 12.7 Å². The molecule has 4 heteroatoms. The largest absolute Gasteiger partial charge is 0.486 e. The number of rotatable bonds is 4. The van der Waals surface area contributed by atoms with E-state index in [4.69, 9.17) is 9.47 Å². The number of nitrogens with one attached hydrogen (secondary N) is 1. The molecule has 1 aliphatic heterocycles. The molecule has 0 aliphatic carbocycles. The topological polar surface area (TPSA) is 30.5 Å². The zero-order valence-electron chi connectivity index (χ0n) is 9.44. The average molecular weight is 244 g/mol. The Balaban J connectivity index is 0.00000128. The summed E-state index contributed by atoms with van der Waals surface area (Å²) in [5.74, 6) is 1.70. The van der Waals surface area contributed by atoms with Crippen LogP contribution in [0.15, 0.2) is 24.3 Å². The lowest BCUT2D eigenvalue weighted by Gasteiger charge is -2.26. The number of benzene rings is 1. The quantitative estimate of drug-likeness (QED) is 0.823. The van der Waals surface area contributed by atoms with Crippen molar-refractivity contribution in [2.75, 3.05) is 19.7 Å². The molecule has 0 fully saturated rings. The maximum absolute atomic E-state index is 5.79. The molecule has 0 saturated heterocycles. The van der Waals surface area contributed by atoms with E-state index in [-0.39, 0.29) is 18.5 Å². The summed E-state index contributed by atoms with van der Waals surface area (Å²) in [4.78, 5) is 0. The van der Waals surface area contributed by atoms with Crippen molar-refractivity contribution >= 4 is 12.4 Å². The van der Waals surface area contributed by atoms with Gasteiger partial charge < -0.3 is 14.8 Å². The maximum Gasteiger partial charge on any atom is 0.161 e. The van der Waals surface area contributed by atoms with Crippen molar-refractivity contribution in [2.45, 2.75) is 19.4 Å². The molecule has 1 atom stereocenters. The Bertz CT molecular complexity index is 320. The van der Waals surface area contributed by atoms with Crippen LogP contribution in [0.1, 0.15) is 13.3 Å². The number of hydrogen-bond acceptors (Lipinski definition) is 3. The second-order valence-corrected chi connectivity index (χ2v) is 3.70. The number of ether oxygens (including phenoxy) is 2. The summed E-state index contributed by atoms with van der Waals surface area (Å²) in [6.45, 7) is 4.66. The van der Waals surface area contributed by atoms with Crippen molar-refractivity contribution in [2.24, 2.45) is 0 Å². The fourth-order valence-electron chi connectivity index (χ4n) is 1.60. The molecule has 1 heterocycles. The first-order chi connectivity index (χ1) is 7.40. The third-order valence-corrected chi connectivity index (χ3v) is 2.37. The minimum atomic E-state index is 0. The summed E-state index contributed by atoms with van der Waals surface area (Å²) in [6.07, 6.45) is 1.27. The van der Waals surface area contributed by atoms with Gasteiger partial charge in [0.15, 0.2) is 11.5 Å². The van der Waals surface area contributed by atoms with Gasteiger partial charge in [-0.3, -0.25) is 0 Å². The van der Waals surface area contributed by atoms with Crippen LogP contribution in [0.2, 0.25) is 0 Å². The molecule has 0 saturated carbocycles. The van der Waals surface area contributed by atoms with E-state index in [1.807, 2.05) is 24.3 Å². The Morgan fingerprint density at radius 1 is 1.31 bits per heavy atom. The van der Waals surface area contributed by atoms with E-state index in [1.54, 1.807) is 0 Å². The van der Waals surface area contributed by atoms with Crippen molar-refractivity contribution in [1.82, 2.24) is 5.32 Å². The molecule has 0 aromatic heterocycles. The number of halogens is 1. The predicted molar refractivity (Wildman–Crippen MR) is 66.8 cm³/mol. The van der Waals surface area contributed by atoms with Crippen LogP contribution in [-0.4, -0.2) is 25.8 Å². The van der Waals surface area contributed by atoms with Crippen molar-refractivity contribution in [3.63, 3.8) is 0 Å². The van der Waals surface area contributed by atoms with E-state index in [1.165, 1.54) is 0 Å². The van der Waals surface area contributed by atoms with Crippen molar-refractivity contribution in [3.8, 4) is 11.5 Å². The summed E-state index contributed by atoms with van der Waals surface area (Å²) in [7, 11) is 0. The second-order valence-electron chi connectivity index (χ2n) is 3.70. The number of hydrogen-bond donors (Lipinski definition) is 1. The SMILES string of the molecule is CCCNCC1COc2ccccc2O1.Cl. The molecule has 1 aromatic carbocycles. The molecule has 16 heavy (non-hydrogen) atoms. The predicted octanol–water partition coefficient (Wildman–Crippen LogP) is 2.25. The number of fused-ring (bicyclic) bond motifs is 1. The first kappa shape index (κ1) is 13.1. The summed E-state index contributed by atoms with van der Waals surface area (Å²) in [5, 5.41) is 3.33. The van der Waals surface area contributed by atoms with Crippen LogP contribution in [0.25, 0.3) is 0 Å². The van der Waals surface area contributed by atoms with Gasteiger partial charge in [0.2, 0.25) is 0 Å². The Morgan fingerprint density at radius 2 is 2.06 bits per heavy atom. The first-order valence-corrected chi connectivity index (χ1v) is 5.49. The standard InChI is InChI=1S/C12H17NO2.ClH/c1-2-7-13-8-10-9-14-11-5-3-4-6-12(11)15-10;/h3-6,10,13H,2,7-9H2,1H3;1H. The van der Waals surface area contributed by atoms with Crippen LogP contribution in [0, 0.1) is 0 Å². The highest BCUT2D eigenvalue weighted by Crippen LogP contribution is 2.30. The third-order valence-electron chi connectivity index (χ3n) is 2.37. The lowest BCUT2D eigenvalue weighted by molar-refractivity contribution is 0.0906. The smallest absolute Gasteiger partial charge is 0.161 e. The molecule has 1 aliphatic rings. The summed E-state index contributed by atoms with van der Waals surface area (Å²) < 4.78 is 11.4. The zero-order chi connectivity index (χ0) is 10.5. The van der Waals surface area contributed by atoms with E-state index in [0.29, 0.717) is 6.61 Å². The Kier molecular flexibility index (Phi) is 5.43. The second kappa shape index (κ2) is 6.61. The minimum absolute atomic E-state index is 0. The van der Waals surface area contributed by atoms with E-state index in [2.05, 4.69) is 12.2 Å². The van der Waals surface area contributed by atoms with Crippen LogP contribution in [0.5, 0.6) is 11.5 Å². The molecule has 0 spiro atoms. The van der Waals surface area contributed by atoms with Gasteiger partial charge in [0.25, 0.3) is 0 Å². The highest BCUT2D eigenvalue weighted by molar-refractivity contribution is 5.85.